The molecule has 5 rings (SSSR count). The first-order valence-corrected chi connectivity index (χ1v) is 25.2. The molecule has 4 heterocycles. The maximum absolute atomic E-state index is 13.7. The molecular formula is C54H73ClN5O10+. The predicted octanol–water partition coefficient (Wildman–Crippen LogP) is 7.22. The number of benzene rings is 1. The molecule has 1 aromatic carbocycles. The smallest absolute Gasteiger partial charge is 0.410 e. The van der Waals surface area contributed by atoms with E-state index in [1.807, 2.05) is 77.1 Å². The second kappa shape index (κ2) is 26.1. The molecule has 380 valence electrons. The lowest BCUT2D eigenvalue weighted by Crippen LogP contribution is -2.58. The molecule has 7 atom stereocenters. The van der Waals surface area contributed by atoms with Crippen LogP contribution in [-0.2, 0) is 51.2 Å². The molecule has 1 aromatic heterocycles. The van der Waals surface area contributed by atoms with Gasteiger partial charge in [-0.3, -0.25) is 43.6 Å². The van der Waals surface area contributed by atoms with Crippen molar-refractivity contribution in [1.29, 1.82) is 0 Å². The fourth-order valence-electron chi connectivity index (χ4n) is 9.14. The van der Waals surface area contributed by atoms with E-state index < -0.39 is 42.3 Å². The van der Waals surface area contributed by atoms with E-state index in [-0.39, 0.29) is 66.3 Å². The summed E-state index contributed by atoms with van der Waals surface area (Å²) in [6.45, 7) is 14.7. The van der Waals surface area contributed by atoms with Crippen LogP contribution in [0.15, 0.2) is 72.6 Å². The first-order valence-electron chi connectivity index (χ1n) is 24.8. The number of Topliss-reactive ketones (excluding diaryl/α,β-unsaturated/α-hetero) is 2. The Morgan fingerprint density at radius 3 is 2.29 bits per heavy atom. The number of pyridine rings is 1. The number of piperazine rings is 1. The molecule has 0 saturated carbocycles. The Labute approximate surface area is 418 Å². The summed E-state index contributed by atoms with van der Waals surface area (Å²) in [5.41, 5.74) is 3.45. The topological polar surface area (TPSA) is 190 Å². The van der Waals surface area contributed by atoms with E-state index in [2.05, 4.69) is 17.3 Å². The van der Waals surface area contributed by atoms with Crippen LogP contribution in [0.4, 0.5) is 4.79 Å². The summed E-state index contributed by atoms with van der Waals surface area (Å²) in [7, 11) is 2.16. The molecule has 0 spiro atoms. The van der Waals surface area contributed by atoms with Gasteiger partial charge >= 0.3 is 12.1 Å². The van der Waals surface area contributed by atoms with Crippen LogP contribution < -0.4 is 5.32 Å². The minimum absolute atomic E-state index is 0.0357. The summed E-state index contributed by atoms with van der Waals surface area (Å²) in [4.78, 5) is 96.7. The molecule has 4 amide bonds. The number of aliphatic hydroxyl groups excluding tert-OH is 1. The Kier molecular flexibility index (Phi) is 20.7. The molecule has 3 aliphatic heterocycles. The number of aliphatic hydroxyl groups is 1. The Bertz CT molecular complexity index is 2250. The monoisotopic (exact) mass is 987 g/mol. The Morgan fingerprint density at radius 1 is 0.957 bits per heavy atom. The number of likely N-dealkylation sites (N-methyl/N-ethyl adjacent to an activating group) is 1. The number of aromatic nitrogens is 1. The first-order chi connectivity index (χ1) is 33.2. The zero-order chi connectivity index (χ0) is 51.1. The average molecular weight is 988 g/mol. The number of nitrogens with zero attached hydrogens (tertiary/aromatic N) is 4. The van der Waals surface area contributed by atoms with Crippen molar-refractivity contribution in [3.05, 3.63) is 94.3 Å². The number of hydrogen-bond donors (Lipinski definition) is 2. The SMILES string of the molecule is C/C(=C\c1cncc(Cl)c1)[C@H]1OC(=O)C[C@H](O)CC[C@H](C)[C@@H](OC(=O)N2CC[N+](C)(Cc3ccc(CC(=O)[C@H](C)NC(=O)[C@@H](CC(=O)CCCCCN4C(=O)C=CC4=O)C(C)C)cc3)CC2)/C=C/[C@@H]1C. The lowest BCUT2D eigenvalue weighted by atomic mass is 9.88. The van der Waals surface area contributed by atoms with Crippen LogP contribution in [-0.4, -0.2) is 130 Å². The molecule has 0 bridgehead atoms. The summed E-state index contributed by atoms with van der Waals surface area (Å²) < 4.78 is 12.8. The van der Waals surface area contributed by atoms with E-state index in [0.29, 0.717) is 80.8 Å². The molecule has 16 heteroatoms. The van der Waals surface area contributed by atoms with Crippen LogP contribution in [0.2, 0.25) is 5.02 Å². The molecule has 2 N–H and O–H groups in total. The van der Waals surface area contributed by atoms with Gasteiger partial charge < -0.3 is 24.4 Å². The molecule has 2 aromatic rings. The molecule has 0 unspecified atom stereocenters. The van der Waals surface area contributed by atoms with Crippen molar-refractivity contribution in [2.24, 2.45) is 23.7 Å². The highest BCUT2D eigenvalue weighted by Crippen LogP contribution is 2.27. The van der Waals surface area contributed by atoms with E-state index in [0.717, 1.165) is 28.8 Å². The lowest BCUT2D eigenvalue weighted by Gasteiger charge is -2.42. The second-order valence-corrected chi connectivity index (χ2v) is 20.6. The minimum atomic E-state index is -0.899. The van der Waals surface area contributed by atoms with Gasteiger partial charge in [-0.15, -0.1) is 0 Å². The average Bonchev–Trinajstić information content (AvgIpc) is 3.63. The molecule has 0 radical (unpaired) electrons. The van der Waals surface area contributed by atoms with Crippen molar-refractivity contribution in [3.8, 4) is 0 Å². The number of halogens is 1. The summed E-state index contributed by atoms with van der Waals surface area (Å²) in [5, 5.41) is 14.1. The summed E-state index contributed by atoms with van der Waals surface area (Å²) >= 11 is 6.16. The summed E-state index contributed by atoms with van der Waals surface area (Å²) in [6, 6.07) is 8.95. The van der Waals surface area contributed by atoms with Crippen molar-refractivity contribution in [2.75, 3.05) is 39.8 Å². The highest BCUT2D eigenvalue weighted by Gasteiger charge is 2.34. The van der Waals surface area contributed by atoms with E-state index in [4.69, 9.17) is 21.1 Å². The molecule has 15 nitrogen and oxygen atoms in total. The Balaban J connectivity index is 1.08. The first kappa shape index (κ1) is 55.4. The fraction of sp³-hybridized carbons (Fsp3) is 0.556. The van der Waals surface area contributed by atoms with Crippen LogP contribution in [0.3, 0.4) is 0 Å². The lowest BCUT2D eigenvalue weighted by molar-refractivity contribution is -0.926. The van der Waals surface area contributed by atoms with Gasteiger partial charge in [0.05, 0.1) is 56.8 Å². The molecule has 0 aliphatic carbocycles. The normalized spacial score (nSPS) is 23.5. The summed E-state index contributed by atoms with van der Waals surface area (Å²) in [5.74, 6) is -2.71. The van der Waals surface area contributed by atoms with Crippen molar-refractivity contribution in [3.63, 3.8) is 0 Å². The van der Waals surface area contributed by atoms with Crippen LogP contribution >= 0.6 is 11.6 Å². The van der Waals surface area contributed by atoms with Gasteiger partial charge in [0.2, 0.25) is 5.91 Å². The van der Waals surface area contributed by atoms with Crippen LogP contribution in [0.25, 0.3) is 6.08 Å². The Morgan fingerprint density at radius 2 is 1.63 bits per heavy atom. The number of imide groups is 1. The highest BCUT2D eigenvalue weighted by molar-refractivity contribution is 6.30. The van der Waals surface area contributed by atoms with Crippen LogP contribution in [0.5, 0.6) is 0 Å². The van der Waals surface area contributed by atoms with Crippen LogP contribution in [0, 0.1) is 23.7 Å². The number of ether oxygens (including phenoxy) is 2. The van der Waals surface area contributed by atoms with Crippen molar-refractivity contribution >= 4 is 59.0 Å². The standard InChI is InChI=1S/C54H72ClN5O10/c1-35(2)46(30-44(61)11-9-8-10-22-59-49(64)20-21-50(59)65)53(67)57-39(6)47(63)29-40-14-16-41(17-15-40)34-60(7)25-23-58(24-26-60)54(68)69-48-19-13-37(4)52(38(5)27-42-28-43(55)33-56-32-42)70-51(66)31-45(62)18-12-36(48)3/h13-17,19-21,27-28,32-33,35-37,39,45-46,48,52,62H,8-12,18,22-26,29-31,34H2,1-7H3/p+1/b19-13+,38-27+/t36-,37-,39-,45+,46-,48-,52-/m0/s1. The largest absolute Gasteiger partial charge is 0.457 e. The second-order valence-electron chi connectivity index (χ2n) is 20.2. The molecule has 1 saturated heterocycles. The van der Waals surface area contributed by atoms with Crippen LogP contribution in [0.1, 0.15) is 110 Å². The fourth-order valence-corrected chi connectivity index (χ4v) is 9.32. The maximum Gasteiger partial charge on any atom is 0.410 e. The van der Waals surface area contributed by atoms with Gasteiger partial charge in [0, 0.05) is 67.8 Å². The van der Waals surface area contributed by atoms with E-state index in [1.54, 1.807) is 30.3 Å². The molecule has 70 heavy (non-hydrogen) atoms. The van der Waals surface area contributed by atoms with Gasteiger partial charge in [-0.05, 0) is 80.2 Å². The minimum Gasteiger partial charge on any atom is -0.457 e. The third-order valence-electron chi connectivity index (χ3n) is 13.8. The number of amides is 4. The van der Waals surface area contributed by atoms with Gasteiger partial charge in [-0.25, -0.2) is 4.79 Å². The predicted molar refractivity (Wildman–Crippen MR) is 267 cm³/mol. The van der Waals surface area contributed by atoms with Crippen molar-refractivity contribution in [1.82, 2.24) is 20.1 Å². The number of quaternary nitrogens is 1. The third kappa shape index (κ3) is 16.8. The van der Waals surface area contributed by atoms with Gasteiger partial charge in [0.1, 0.15) is 24.5 Å². The number of ketones is 2. The number of hydrogen-bond acceptors (Lipinski definition) is 11. The Hall–Kier alpha value is -5.51. The van der Waals surface area contributed by atoms with Gasteiger partial charge in [-0.2, -0.15) is 0 Å². The van der Waals surface area contributed by atoms with Gasteiger partial charge in [-0.1, -0.05) is 82.1 Å². The van der Waals surface area contributed by atoms with E-state index in [1.165, 1.54) is 17.1 Å². The number of rotatable bonds is 19. The molecular weight excluding hydrogens is 914 g/mol. The zero-order valence-corrected chi connectivity index (χ0v) is 42.7. The number of nitrogens with one attached hydrogen (secondary N) is 1. The van der Waals surface area contributed by atoms with Gasteiger partial charge in [0.15, 0.2) is 5.78 Å². The van der Waals surface area contributed by atoms with Crippen molar-refractivity contribution < 1.29 is 52.6 Å². The quantitative estimate of drug-likeness (QED) is 0.0475. The molecule has 1 fully saturated rings. The van der Waals surface area contributed by atoms with Gasteiger partial charge in [0.25, 0.3) is 11.8 Å². The van der Waals surface area contributed by atoms with Crippen molar-refractivity contribution in [2.45, 2.75) is 130 Å². The van der Waals surface area contributed by atoms with E-state index in [9.17, 15) is 38.7 Å². The summed E-state index contributed by atoms with van der Waals surface area (Å²) in [6.07, 6.45) is 12.0. The molecule has 3 aliphatic rings. The number of carbonyl (C=O) groups excluding carboxylic acids is 7. The number of cyclic esters (lactones) is 1. The number of unbranched alkanes of at least 4 members (excludes halogenated alkanes) is 2. The zero-order valence-electron chi connectivity index (χ0n) is 41.9. The third-order valence-corrected chi connectivity index (χ3v) is 14.0. The number of esters is 1. The number of carbonyl (C=O) groups is 7. The van der Waals surface area contributed by atoms with E-state index >= 15 is 0 Å². The highest BCUT2D eigenvalue weighted by atomic mass is 35.5. The maximum atomic E-state index is 13.7.